The average molecular weight is 253 g/mol. The van der Waals surface area contributed by atoms with Crippen LogP contribution in [0.25, 0.3) is 0 Å². The van der Waals surface area contributed by atoms with Gasteiger partial charge in [-0.25, -0.2) is 0 Å². The van der Waals surface area contributed by atoms with Gasteiger partial charge in [0.2, 0.25) is 0 Å². The first kappa shape index (κ1) is 13.7. The Morgan fingerprint density at radius 2 is 2.18 bits per heavy atom. The molecule has 0 radical (unpaired) electrons. The molecule has 0 aromatic heterocycles. The zero-order valence-electron chi connectivity index (χ0n) is 9.87. The monoisotopic (exact) mass is 252 g/mol. The summed E-state index contributed by atoms with van der Waals surface area (Å²) in [5.74, 6) is -0.0377. The van der Waals surface area contributed by atoms with Crippen LogP contribution in [0.2, 0.25) is 5.02 Å². The van der Waals surface area contributed by atoms with Gasteiger partial charge in [0, 0.05) is 17.3 Å². The molecule has 3 nitrogen and oxygen atoms in total. The fourth-order valence-corrected chi connectivity index (χ4v) is 1.77. The van der Waals surface area contributed by atoms with Crippen LogP contribution < -0.4 is 11.5 Å². The molecule has 0 aliphatic rings. The third-order valence-corrected chi connectivity index (χ3v) is 2.79. The van der Waals surface area contributed by atoms with Gasteiger partial charge in [0.1, 0.15) is 0 Å². The molecule has 0 saturated carbocycles. The second kappa shape index (κ2) is 6.42. The smallest absolute Gasteiger partial charge is 0.154 e. The van der Waals surface area contributed by atoms with Crippen molar-refractivity contribution in [1.29, 1.82) is 0 Å². The van der Waals surface area contributed by atoms with Gasteiger partial charge in [-0.15, -0.1) is 0 Å². The molecule has 0 amide bonds. The standard InChI is InChI=1S/C13H17ClN2O/c1-9(17)6-12(16)4-3-11-7-10(8-15)2-5-13(11)14/h2,5-7H,3-4,8,15-16H2,1H3/b12-6-. The Morgan fingerprint density at radius 3 is 2.76 bits per heavy atom. The van der Waals surface area contributed by atoms with E-state index in [4.69, 9.17) is 23.1 Å². The Bertz CT molecular complexity index is 441. The first-order chi connectivity index (χ1) is 8.02. The highest BCUT2D eigenvalue weighted by atomic mass is 35.5. The molecule has 0 bridgehead atoms. The Morgan fingerprint density at radius 1 is 1.47 bits per heavy atom. The van der Waals surface area contributed by atoms with Crippen molar-refractivity contribution in [3.8, 4) is 0 Å². The third-order valence-electron chi connectivity index (χ3n) is 2.42. The van der Waals surface area contributed by atoms with Crippen molar-refractivity contribution in [2.45, 2.75) is 26.3 Å². The molecule has 0 unspecified atom stereocenters. The van der Waals surface area contributed by atoms with E-state index < -0.39 is 0 Å². The summed E-state index contributed by atoms with van der Waals surface area (Å²) in [5.41, 5.74) is 13.9. The van der Waals surface area contributed by atoms with Gasteiger partial charge in [0.05, 0.1) is 0 Å². The second-order valence-corrected chi connectivity index (χ2v) is 4.37. The third kappa shape index (κ3) is 4.59. The molecule has 1 rings (SSSR count). The summed E-state index contributed by atoms with van der Waals surface area (Å²) >= 11 is 6.07. The normalized spacial score (nSPS) is 11.6. The summed E-state index contributed by atoms with van der Waals surface area (Å²) in [6, 6.07) is 5.72. The first-order valence-corrected chi connectivity index (χ1v) is 5.84. The molecular weight excluding hydrogens is 236 g/mol. The van der Waals surface area contributed by atoms with Crippen LogP contribution >= 0.6 is 11.6 Å². The van der Waals surface area contributed by atoms with Gasteiger partial charge in [-0.05, 0) is 43.0 Å². The molecule has 92 valence electrons. The van der Waals surface area contributed by atoms with Crippen LogP contribution in [0.1, 0.15) is 24.5 Å². The van der Waals surface area contributed by atoms with Crippen molar-refractivity contribution in [2.24, 2.45) is 11.5 Å². The molecule has 0 aliphatic carbocycles. The second-order valence-electron chi connectivity index (χ2n) is 3.96. The van der Waals surface area contributed by atoms with Crippen molar-refractivity contribution in [1.82, 2.24) is 0 Å². The minimum atomic E-state index is -0.0377. The van der Waals surface area contributed by atoms with Crippen molar-refractivity contribution in [3.05, 3.63) is 46.1 Å². The van der Waals surface area contributed by atoms with Gasteiger partial charge in [0.25, 0.3) is 0 Å². The molecule has 4 N–H and O–H groups in total. The number of benzene rings is 1. The number of ketones is 1. The molecule has 0 atom stereocenters. The summed E-state index contributed by atoms with van der Waals surface area (Å²) in [7, 11) is 0. The lowest BCUT2D eigenvalue weighted by Crippen LogP contribution is -2.03. The van der Waals surface area contributed by atoms with Crippen molar-refractivity contribution >= 4 is 17.4 Å². The number of allylic oxidation sites excluding steroid dienone is 2. The van der Waals surface area contributed by atoms with Gasteiger partial charge in [0.15, 0.2) is 5.78 Å². The van der Waals surface area contributed by atoms with Crippen LogP contribution in [0.4, 0.5) is 0 Å². The van der Waals surface area contributed by atoms with Crippen LogP contribution in [-0.2, 0) is 17.8 Å². The average Bonchev–Trinajstić information content (AvgIpc) is 2.27. The van der Waals surface area contributed by atoms with Crippen LogP contribution in [0.5, 0.6) is 0 Å². The van der Waals surface area contributed by atoms with Crippen LogP contribution in [0.3, 0.4) is 0 Å². The first-order valence-electron chi connectivity index (χ1n) is 5.47. The fraction of sp³-hybridized carbons (Fsp3) is 0.308. The highest BCUT2D eigenvalue weighted by Gasteiger charge is 2.03. The minimum Gasteiger partial charge on any atom is -0.402 e. The molecule has 4 heteroatoms. The minimum absolute atomic E-state index is 0.0377. The van der Waals surface area contributed by atoms with Gasteiger partial charge in [-0.3, -0.25) is 4.79 Å². The molecule has 0 fully saturated rings. The number of hydrogen-bond acceptors (Lipinski definition) is 3. The van der Waals surface area contributed by atoms with E-state index in [0.717, 1.165) is 11.1 Å². The lowest BCUT2D eigenvalue weighted by Gasteiger charge is -2.06. The summed E-state index contributed by atoms with van der Waals surface area (Å²) in [4.78, 5) is 10.8. The van der Waals surface area contributed by atoms with Gasteiger partial charge in [-0.2, -0.15) is 0 Å². The molecule has 0 spiro atoms. The quantitative estimate of drug-likeness (QED) is 0.789. The number of hydrogen-bond donors (Lipinski definition) is 2. The Hall–Kier alpha value is -1.32. The van der Waals surface area contributed by atoms with E-state index in [1.165, 1.54) is 13.0 Å². The van der Waals surface area contributed by atoms with E-state index in [9.17, 15) is 4.79 Å². The van der Waals surface area contributed by atoms with Gasteiger partial charge >= 0.3 is 0 Å². The van der Waals surface area contributed by atoms with Crippen LogP contribution in [0.15, 0.2) is 30.0 Å². The summed E-state index contributed by atoms with van der Waals surface area (Å²) in [6.45, 7) is 1.97. The van der Waals surface area contributed by atoms with E-state index >= 15 is 0 Å². The lowest BCUT2D eigenvalue weighted by molar-refractivity contribution is -0.112. The van der Waals surface area contributed by atoms with Crippen molar-refractivity contribution in [3.63, 3.8) is 0 Å². The topological polar surface area (TPSA) is 69.1 Å². The number of halogens is 1. The summed E-state index contributed by atoms with van der Waals surface area (Å²) < 4.78 is 0. The maximum atomic E-state index is 10.8. The number of nitrogens with two attached hydrogens (primary N) is 2. The molecule has 1 aromatic carbocycles. The van der Waals surface area contributed by atoms with E-state index in [2.05, 4.69) is 0 Å². The fourth-order valence-electron chi connectivity index (χ4n) is 1.56. The maximum absolute atomic E-state index is 10.8. The molecule has 17 heavy (non-hydrogen) atoms. The summed E-state index contributed by atoms with van der Waals surface area (Å²) in [6.07, 6.45) is 2.77. The maximum Gasteiger partial charge on any atom is 0.154 e. The van der Waals surface area contributed by atoms with E-state index in [1.54, 1.807) is 0 Å². The Balaban J connectivity index is 2.72. The Labute approximate surface area is 106 Å². The van der Waals surface area contributed by atoms with E-state index in [0.29, 0.717) is 30.1 Å². The zero-order chi connectivity index (χ0) is 12.8. The molecule has 0 aliphatic heterocycles. The number of aryl methyl sites for hydroxylation is 1. The van der Waals surface area contributed by atoms with E-state index in [-0.39, 0.29) is 5.78 Å². The highest BCUT2D eigenvalue weighted by Crippen LogP contribution is 2.19. The largest absolute Gasteiger partial charge is 0.402 e. The van der Waals surface area contributed by atoms with Crippen LogP contribution in [0, 0.1) is 0 Å². The predicted molar refractivity (Wildman–Crippen MR) is 70.6 cm³/mol. The predicted octanol–water partition coefficient (Wildman–Crippen LogP) is 2.16. The van der Waals surface area contributed by atoms with Crippen LogP contribution in [-0.4, -0.2) is 5.78 Å². The molecule has 0 saturated heterocycles. The highest BCUT2D eigenvalue weighted by molar-refractivity contribution is 6.31. The molecule has 1 aromatic rings. The Kier molecular flexibility index (Phi) is 5.19. The number of carbonyl (C=O) groups is 1. The van der Waals surface area contributed by atoms with Crippen molar-refractivity contribution < 1.29 is 4.79 Å². The summed E-state index contributed by atoms with van der Waals surface area (Å²) in [5, 5.41) is 0.706. The van der Waals surface area contributed by atoms with E-state index in [1.807, 2.05) is 18.2 Å². The van der Waals surface area contributed by atoms with Crippen molar-refractivity contribution in [2.75, 3.05) is 0 Å². The van der Waals surface area contributed by atoms with Gasteiger partial charge in [-0.1, -0.05) is 23.7 Å². The van der Waals surface area contributed by atoms with Gasteiger partial charge < -0.3 is 11.5 Å². The molecule has 0 heterocycles. The number of carbonyl (C=O) groups excluding carboxylic acids is 1. The molecular formula is C13H17ClN2O. The zero-order valence-corrected chi connectivity index (χ0v) is 10.6. The number of rotatable bonds is 5. The lowest BCUT2D eigenvalue weighted by atomic mass is 10.0. The SMILES string of the molecule is CC(=O)/C=C(\N)CCc1cc(CN)ccc1Cl.